The number of ether oxygens (including phenoxy) is 1. The van der Waals surface area contributed by atoms with E-state index in [0.29, 0.717) is 31.9 Å². The Kier molecular flexibility index (Phi) is 5.33. The fourth-order valence-corrected chi connectivity index (χ4v) is 2.91. The third-order valence-corrected chi connectivity index (χ3v) is 4.70. The predicted molar refractivity (Wildman–Crippen MR) is 96.0 cm³/mol. The van der Waals surface area contributed by atoms with Crippen molar-refractivity contribution >= 4 is 11.7 Å². The summed E-state index contributed by atoms with van der Waals surface area (Å²) in [6.07, 6.45) is 1.68. The SMILES string of the molecule is Cc1nn(CCNC(=O)c2ccnc(N3CCOCC3)c2)c(C)c1C. The van der Waals surface area contributed by atoms with Crippen LogP contribution in [0.3, 0.4) is 0 Å². The molecule has 0 atom stereocenters. The van der Waals surface area contributed by atoms with Crippen molar-refractivity contribution in [2.45, 2.75) is 27.3 Å². The minimum absolute atomic E-state index is 0.0878. The van der Waals surface area contributed by atoms with Crippen molar-refractivity contribution in [3.8, 4) is 0 Å². The largest absolute Gasteiger partial charge is 0.378 e. The van der Waals surface area contributed by atoms with Gasteiger partial charge in [-0.05, 0) is 38.5 Å². The van der Waals surface area contributed by atoms with E-state index in [4.69, 9.17) is 4.74 Å². The number of carbonyl (C=O) groups excluding carboxylic acids is 1. The van der Waals surface area contributed by atoms with Gasteiger partial charge in [-0.1, -0.05) is 0 Å². The molecule has 0 saturated carbocycles. The van der Waals surface area contributed by atoms with E-state index in [1.54, 1.807) is 12.3 Å². The van der Waals surface area contributed by atoms with Crippen LogP contribution in [-0.4, -0.2) is 53.5 Å². The number of aryl methyl sites for hydroxylation is 1. The van der Waals surface area contributed by atoms with Crippen LogP contribution in [0.5, 0.6) is 0 Å². The number of rotatable bonds is 5. The zero-order valence-corrected chi connectivity index (χ0v) is 15.1. The topological polar surface area (TPSA) is 72.3 Å². The molecule has 7 heteroatoms. The van der Waals surface area contributed by atoms with Crippen LogP contribution in [0.25, 0.3) is 0 Å². The average Bonchev–Trinajstić information content (AvgIpc) is 2.89. The molecule has 1 aliphatic heterocycles. The molecule has 0 aliphatic carbocycles. The van der Waals surface area contributed by atoms with E-state index < -0.39 is 0 Å². The number of carbonyl (C=O) groups is 1. The van der Waals surface area contributed by atoms with Crippen molar-refractivity contribution in [1.82, 2.24) is 20.1 Å². The minimum atomic E-state index is -0.0878. The van der Waals surface area contributed by atoms with Crippen molar-refractivity contribution in [1.29, 1.82) is 0 Å². The summed E-state index contributed by atoms with van der Waals surface area (Å²) in [6, 6.07) is 3.58. The summed E-state index contributed by atoms with van der Waals surface area (Å²) in [7, 11) is 0. The van der Waals surface area contributed by atoms with Crippen LogP contribution >= 0.6 is 0 Å². The number of anilines is 1. The van der Waals surface area contributed by atoms with Gasteiger partial charge in [-0.2, -0.15) is 5.10 Å². The number of pyridine rings is 1. The molecule has 0 bridgehead atoms. The highest BCUT2D eigenvalue weighted by Crippen LogP contribution is 2.14. The molecule has 7 nitrogen and oxygen atoms in total. The van der Waals surface area contributed by atoms with Gasteiger partial charge >= 0.3 is 0 Å². The molecule has 0 aromatic carbocycles. The molecule has 0 radical (unpaired) electrons. The first kappa shape index (κ1) is 17.4. The van der Waals surface area contributed by atoms with Gasteiger partial charge in [0.2, 0.25) is 0 Å². The van der Waals surface area contributed by atoms with Gasteiger partial charge in [0.05, 0.1) is 25.5 Å². The highest BCUT2D eigenvalue weighted by molar-refractivity contribution is 5.94. The Balaban J connectivity index is 1.58. The highest BCUT2D eigenvalue weighted by atomic mass is 16.5. The van der Waals surface area contributed by atoms with Crippen molar-refractivity contribution < 1.29 is 9.53 Å². The predicted octanol–water partition coefficient (Wildman–Crippen LogP) is 1.47. The van der Waals surface area contributed by atoms with Gasteiger partial charge < -0.3 is 15.0 Å². The molecule has 1 saturated heterocycles. The van der Waals surface area contributed by atoms with Gasteiger partial charge in [-0.25, -0.2) is 4.98 Å². The number of amides is 1. The third kappa shape index (κ3) is 3.99. The average molecular weight is 343 g/mol. The highest BCUT2D eigenvalue weighted by Gasteiger charge is 2.14. The second kappa shape index (κ2) is 7.65. The van der Waals surface area contributed by atoms with Crippen LogP contribution in [0, 0.1) is 20.8 Å². The molecule has 3 rings (SSSR count). The fraction of sp³-hybridized carbons (Fsp3) is 0.500. The number of hydrogen-bond acceptors (Lipinski definition) is 5. The Hall–Kier alpha value is -2.41. The van der Waals surface area contributed by atoms with Crippen molar-refractivity contribution in [2.75, 3.05) is 37.7 Å². The zero-order valence-electron chi connectivity index (χ0n) is 15.1. The van der Waals surface area contributed by atoms with Crippen molar-refractivity contribution in [2.24, 2.45) is 0 Å². The van der Waals surface area contributed by atoms with Gasteiger partial charge in [0.25, 0.3) is 5.91 Å². The van der Waals surface area contributed by atoms with Crippen LogP contribution in [-0.2, 0) is 11.3 Å². The Morgan fingerprint density at radius 3 is 2.72 bits per heavy atom. The van der Waals surface area contributed by atoms with Crippen LogP contribution in [0.2, 0.25) is 0 Å². The first-order valence-electron chi connectivity index (χ1n) is 8.64. The maximum absolute atomic E-state index is 12.4. The van der Waals surface area contributed by atoms with Gasteiger partial charge in [0, 0.05) is 37.1 Å². The molecule has 1 aliphatic rings. The van der Waals surface area contributed by atoms with Crippen molar-refractivity contribution in [3.05, 3.63) is 40.8 Å². The summed E-state index contributed by atoms with van der Waals surface area (Å²) >= 11 is 0. The summed E-state index contributed by atoms with van der Waals surface area (Å²) < 4.78 is 7.30. The summed E-state index contributed by atoms with van der Waals surface area (Å²) in [5, 5.41) is 7.45. The van der Waals surface area contributed by atoms with Crippen LogP contribution in [0.15, 0.2) is 18.3 Å². The molecule has 0 unspecified atom stereocenters. The lowest BCUT2D eigenvalue weighted by molar-refractivity contribution is 0.0951. The van der Waals surface area contributed by atoms with E-state index in [9.17, 15) is 4.79 Å². The van der Waals surface area contributed by atoms with Gasteiger partial charge in [-0.15, -0.1) is 0 Å². The molecule has 1 amide bonds. The van der Waals surface area contributed by atoms with E-state index in [2.05, 4.69) is 34.1 Å². The lowest BCUT2D eigenvalue weighted by atomic mass is 10.2. The van der Waals surface area contributed by atoms with E-state index >= 15 is 0 Å². The zero-order chi connectivity index (χ0) is 17.8. The molecular weight excluding hydrogens is 318 g/mol. The Bertz CT molecular complexity index is 750. The summed E-state index contributed by atoms with van der Waals surface area (Å²) in [5.74, 6) is 0.736. The minimum Gasteiger partial charge on any atom is -0.378 e. The van der Waals surface area contributed by atoms with Crippen LogP contribution < -0.4 is 10.2 Å². The van der Waals surface area contributed by atoms with E-state index in [0.717, 1.165) is 30.3 Å². The van der Waals surface area contributed by atoms with E-state index in [1.807, 2.05) is 17.7 Å². The maximum Gasteiger partial charge on any atom is 0.251 e. The molecule has 134 valence electrons. The Labute approximate surface area is 148 Å². The van der Waals surface area contributed by atoms with Gasteiger partial charge in [-0.3, -0.25) is 9.48 Å². The number of aromatic nitrogens is 3. The molecule has 25 heavy (non-hydrogen) atoms. The van der Waals surface area contributed by atoms with Gasteiger partial charge in [0.1, 0.15) is 5.82 Å². The third-order valence-electron chi connectivity index (χ3n) is 4.70. The number of hydrogen-bond donors (Lipinski definition) is 1. The molecule has 1 fully saturated rings. The summed E-state index contributed by atoms with van der Waals surface area (Å²) in [6.45, 7) is 10.3. The van der Waals surface area contributed by atoms with Crippen molar-refractivity contribution in [3.63, 3.8) is 0 Å². The molecule has 2 aromatic heterocycles. The first-order chi connectivity index (χ1) is 12.1. The summed E-state index contributed by atoms with van der Waals surface area (Å²) in [4.78, 5) is 18.9. The number of nitrogens with zero attached hydrogens (tertiary/aromatic N) is 4. The quantitative estimate of drug-likeness (QED) is 0.890. The lowest BCUT2D eigenvalue weighted by Crippen LogP contribution is -2.37. The molecule has 0 spiro atoms. The fourth-order valence-electron chi connectivity index (χ4n) is 2.91. The van der Waals surface area contributed by atoms with Gasteiger partial charge in [0.15, 0.2) is 0 Å². The van der Waals surface area contributed by atoms with Crippen LogP contribution in [0.1, 0.15) is 27.3 Å². The maximum atomic E-state index is 12.4. The Morgan fingerprint density at radius 1 is 1.28 bits per heavy atom. The smallest absolute Gasteiger partial charge is 0.251 e. The molecule has 3 heterocycles. The molecule has 2 aromatic rings. The second-order valence-electron chi connectivity index (χ2n) is 6.28. The monoisotopic (exact) mass is 343 g/mol. The number of nitrogens with one attached hydrogen (secondary N) is 1. The Morgan fingerprint density at radius 2 is 2.04 bits per heavy atom. The van der Waals surface area contributed by atoms with E-state index in [1.165, 1.54) is 5.56 Å². The number of morpholine rings is 1. The summed E-state index contributed by atoms with van der Waals surface area (Å²) in [5.41, 5.74) is 4.01. The first-order valence-corrected chi connectivity index (χ1v) is 8.64. The second-order valence-corrected chi connectivity index (χ2v) is 6.28. The van der Waals surface area contributed by atoms with Crippen LogP contribution in [0.4, 0.5) is 5.82 Å². The molecule has 1 N–H and O–H groups in total. The standard InChI is InChI=1S/C18H25N5O2/c1-13-14(2)21-23(15(13)3)7-6-20-18(24)16-4-5-19-17(12-16)22-8-10-25-11-9-22/h4-5,12H,6-11H2,1-3H3,(H,20,24). The van der Waals surface area contributed by atoms with E-state index in [-0.39, 0.29) is 5.91 Å². The molecular formula is C18H25N5O2. The normalized spacial score (nSPS) is 14.6. The lowest BCUT2D eigenvalue weighted by Gasteiger charge is -2.27.